The molecule has 0 bridgehead atoms. The first kappa shape index (κ1) is 9.58. The second kappa shape index (κ2) is 3.44. The number of hydrogen-bond donors (Lipinski definition) is 1. The Hall–Kier alpha value is -2.64. The van der Waals surface area contributed by atoms with E-state index in [4.69, 9.17) is 14.7 Å². The number of rotatable bonds is 2. The lowest BCUT2D eigenvalue weighted by Gasteiger charge is -1.87. The van der Waals surface area contributed by atoms with Crippen molar-refractivity contribution in [2.45, 2.75) is 6.92 Å². The molecule has 3 aromatic rings. The van der Waals surface area contributed by atoms with E-state index < -0.39 is 0 Å². The number of nitrogens with zero attached hydrogens (tertiary/aromatic N) is 4. The van der Waals surface area contributed by atoms with Crippen molar-refractivity contribution in [1.82, 2.24) is 20.5 Å². The normalized spacial score (nSPS) is 10.9. The van der Waals surface area contributed by atoms with Crippen LogP contribution in [0.25, 0.3) is 23.2 Å². The maximum atomic E-state index is 5.51. The summed E-state index contributed by atoms with van der Waals surface area (Å²) in [5.41, 5.74) is 6.63. The Morgan fingerprint density at radius 3 is 2.76 bits per heavy atom. The smallest absolute Gasteiger partial charge is 0.284 e. The topological polar surface area (TPSA) is 117 Å². The zero-order valence-corrected chi connectivity index (χ0v) is 8.75. The molecule has 86 valence electrons. The Labute approximate surface area is 94.4 Å². The number of hydrogen-bond acceptors (Lipinski definition) is 8. The molecule has 0 spiro atoms. The van der Waals surface area contributed by atoms with Gasteiger partial charge in [-0.05, 0) is 28.9 Å². The van der Waals surface area contributed by atoms with Crippen LogP contribution >= 0.6 is 0 Å². The number of furan rings is 1. The van der Waals surface area contributed by atoms with Crippen LogP contribution in [0.3, 0.4) is 0 Å². The summed E-state index contributed by atoms with van der Waals surface area (Å²) in [7, 11) is 0. The first-order chi connectivity index (χ1) is 8.25. The summed E-state index contributed by atoms with van der Waals surface area (Å²) in [4.78, 5) is 4.10. The largest absolute Gasteiger partial charge is 0.461 e. The van der Waals surface area contributed by atoms with Crippen LogP contribution in [0.15, 0.2) is 25.9 Å². The van der Waals surface area contributed by atoms with Crippen molar-refractivity contribution in [3.63, 3.8) is 0 Å². The van der Waals surface area contributed by atoms with Crippen LogP contribution < -0.4 is 5.73 Å². The molecular weight excluding hydrogens is 226 g/mol. The standard InChI is InChI=1S/C9H7N5O3/c1-4-2-3-15-6(4)8-11-9(16-14-8)5-7(10)13-17-12-5/h2-3H,1H3,(H2,10,13). The molecule has 0 aliphatic rings. The second-order valence-corrected chi connectivity index (χ2v) is 3.35. The zero-order chi connectivity index (χ0) is 11.8. The molecule has 0 aliphatic heterocycles. The second-order valence-electron chi connectivity index (χ2n) is 3.35. The number of nitrogen functional groups attached to an aromatic ring is 1. The lowest BCUT2D eigenvalue weighted by Crippen LogP contribution is -1.88. The van der Waals surface area contributed by atoms with Crippen molar-refractivity contribution in [3.05, 3.63) is 17.9 Å². The molecule has 0 fully saturated rings. The summed E-state index contributed by atoms with van der Waals surface area (Å²) in [5, 5.41) is 10.8. The highest BCUT2D eigenvalue weighted by Crippen LogP contribution is 2.25. The molecule has 0 unspecified atom stereocenters. The number of anilines is 1. The van der Waals surface area contributed by atoms with Gasteiger partial charge in [-0.2, -0.15) is 4.98 Å². The van der Waals surface area contributed by atoms with Crippen LogP contribution in [0.5, 0.6) is 0 Å². The molecule has 0 atom stereocenters. The van der Waals surface area contributed by atoms with Crippen molar-refractivity contribution in [2.24, 2.45) is 0 Å². The summed E-state index contributed by atoms with van der Waals surface area (Å²) in [6.45, 7) is 1.88. The predicted molar refractivity (Wildman–Crippen MR) is 54.4 cm³/mol. The van der Waals surface area contributed by atoms with Gasteiger partial charge >= 0.3 is 0 Å². The molecule has 0 aliphatic carbocycles. The Morgan fingerprint density at radius 1 is 1.24 bits per heavy atom. The van der Waals surface area contributed by atoms with Crippen molar-refractivity contribution < 1.29 is 13.6 Å². The van der Waals surface area contributed by atoms with Gasteiger partial charge in [-0.1, -0.05) is 5.16 Å². The van der Waals surface area contributed by atoms with E-state index in [0.717, 1.165) is 5.56 Å². The first-order valence-corrected chi connectivity index (χ1v) is 4.72. The highest BCUT2D eigenvalue weighted by atomic mass is 16.6. The Morgan fingerprint density at radius 2 is 2.12 bits per heavy atom. The summed E-state index contributed by atoms with van der Waals surface area (Å²) < 4.78 is 14.7. The molecule has 17 heavy (non-hydrogen) atoms. The molecule has 0 saturated carbocycles. The fourth-order valence-corrected chi connectivity index (χ4v) is 1.36. The summed E-state index contributed by atoms with van der Waals surface area (Å²) in [5.74, 6) is 1.09. The van der Waals surface area contributed by atoms with E-state index in [1.165, 1.54) is 0 Å². The maximum absolute atomic E-state index is 5.51. The summed E-state index contributed by atoms with van der Waals surface area (Å²) in [6.07, 6.45) is 1.55. The lowest BCUT2D eigenvalue weighted by atomic mass is 10.3. The molecular formula is C9H7N5O3. The predicted octanol–water partition coefficient (Wildman–Crippen LogP) is 1.27. The highest BCUT2D eigenvalue weighted by molar-refractivity contribution is 5.62. The molecule has 8 heteroatoms. The average molecular weight is 233 g/mol. The molecule has 0 saturated heterocycles. The van der Waals surface area contributed by atoms with E-state index in [0.29, 0.717) is 11.6 Å². The Kier molecular flexibility index (Phi) is 1.94. The van der Waals surface area contributed by atoms with E-state index in [1.807, 2.05) is 6.92 Å². The van der Waals surface area contributed by atoms with E-state index in [9.17, 15) is 0 Å². The van der Waals surface area contributed by atoms with Gasteiger partial charge in [0.05, 0.1) is 6.26 Å². The maximum Gasteiger partial charge on any atom is 0.284 e. The highest BCUT2D eigenvalue weighted by Gasteiger charge is 2.19. The summed E-state index contributed by atoms with van der Waals surface area (Å²) in [6, 6.07) is 1.80. The number of nitrogens with two attached hydrogens (primary N) is 1. The van der Waals surface area contributed by atoms with Gasteiger partial charge in [-0.25, -0.2) is 4.63 Å². The molecule has 3 aromatic heterocycles. The number of aromatic nitrogens is 4. The van der Waals surface area contributed by atoms with E-state index in [1.54, 1.807) is 12.3 Å². The minimum absolute atomic E-state index is 0.0939. The molecule has 3 rings (SSSR count). The fourth-order valence-electron chi connectivity index (χ4n) is 1.36. The third kappa shape index (κ3) is 1.46. The van der Waals surface area contributed by atoms with Gasteiger partial charge in [0.25, 0.3) is 5.89 Å². The van der Waals surface area contributed by atoms with E-state index >= 15 is 0 Å². The molecule has 2 N–H and O–H groups in total. The average Bonchev–Trinajstić information content (AvgIpc) is 2.97. The third-order valence-electron chi connectivity index (χ3n) is 2.21. The van der Waals surface area contributed by atoms with Crippen molar-refractivity contribution in [3.8, 4) is 23.2 Å². The Bertz CT molecular complexity index is 598. The van der Waals surface area contributed by atoms with Gasteiger partial charge in [0.15, 0.2) is 5.76 Å². The van der Waals surface area contributed by atoms with Crippen LogP contribution in [0.4, 0.5) is 5.82 Å². The van der Waals surface area contributed by atoms with Crippen molar-refractivity contribution >= 4 is 5.82 Å². The molecule has 0 aromatic carbocycles. The van der Waals surface area contributed by atoms with Crippen molar-refractivity contribution in [2.75, 3.05) is 5.73 Å². The van der Waals surface area contributed by atoms with Gasteiger partial charge in [0.2, 0.25) is 17.3 Å². The van der Waals surface area contributed by atoms with Crippen LogP contribution in [-0.2, 0) is 0 Å². The minimum atomic E-state index is 0.0939. The van der Waals surface area contributed by atoms with Gasteiger partial charge in [-0.15, -0.1) is 0 Å². The van der Waals surface area contributed by atoms with Gasteiger partial charge in [0.1, 0.15) is 0 Å². The minimum Gasteiger partial charge on any atom is -0.461 e. The van der Waals surface area contributed by atoms with Crippen LogP contribution in [-0.4, -0.2) is 20.5 Å². The quantitative estimate of drug-likeness (QED) is 0.703. The first-order valence-electron chi connectivity index (χ1n) is 4.72. The third-order valence-corrected chi connectivity index (χ3v) is 2.21. The van der Waals surface area contributed by atoms with Crippen LogP contribution in [0, 0.1) is 6.92 Å². The SMILES string of the molecule is Cc1ccoc1-c1noc(-c2nonc2N)n1. The molecule has 0 radical (unpaired) electrons. The molecule has 8 nitrogen and oxygen atoms in total. The van der Waals surface area contributed by atoms with Crippen molar-refractivity contribution in [1.29, 1.82) is 0 Å². The van der Waals surface area contributed by atoms with Gasteiger partial charge < -0.3 is 14.7 Å². The van der Waals surface area contributed by atoms with Gasteiger partial charge in [-0.3, -0.25) is 0 Å². The molecule has 0 amide bonds. The lowest BCUT2D eigenvalue weighted by molar-refractivity contribution is 0.308. The zero-order valence-electron chi connectivity index (χ0n) is 8.75. The van der Waals surface area contributed by atoms with Gasteiger partial charge in [0, 0.05) is 0 Å². The van der Waals surface area contributed by atoms with Crippen LogP contribution in [0.2, 0.25) is 0 Å². The Balaban J connectivity index is 2.05. The van der Waals surface area contributed by atoms with E-state index in [2.05, 4.69) is 25.1 Å². The fraction of sp³-hybridized carbons (Fsp3) is 0.111. The summed E-state index contributed by atoms with van der Waals surface area (Å²) >= 11 is 0. The monoisotopic (exact) mass is 233 g/mol. The number of aryl methyl sites for hydroxylation is 1. The van der Waals surface area contributed by atoms with E-state index in [-0.39, 0.29) is 17.4 Å². The van der Waals surface area contributed by atoms with Crippen LogP contribution in [0.1, 0.15) is 5.56 Å². The molecule has 3 heterocycles.